The van der Waals surface area contributed by atoms with Crippen LogP contribution in [0.25, 0.3) is 0 Å². The van der Waals surface area contributed by atoms with Crippen LogP contribution < -0.4 is 11.5 Å². The molecule has 1 saturated heterocycles. The van der Waals surface area contributed by atoms with Crippen LogP contribution in [0, 0.1) is 0 Å². The second-order valence-electron chi connectivity index (χ2n) is 5.00. The van der Waals surface area contributed by atoms with Gasteiger partial charge in [0, 0.05) is 5.56 Å². The maximum Gasteiger partial charge on any atom is 0.232 e. The molecule has 1 aromatic heterocycles. The van der Waals surface area contributed by atoms with E-state index in [0.29, 0.717) is 18.0 Å². The molecular formula is C15H18N2O2S. The zero-order valence-corrected chi connectivity index (χ0v) is 12.2. The fourth-order valence-corrected chi connectivity index (χ4v) is 3.25. The molecule has 1 aliphatic heterocycles. The van der Waals surface area contributed by atoms with Gasteiger partial charge in [-0.25, -0.2) is 0 Å². The van der Waals surface area contributed by atoms with E-state index in [-0.39, 0.29) is 6.10 Å². The highest BCUT2D eigenvalue weighted by atomic mass is 32.1. The van der Waals surface area contributed by atoms with Gasteiger partial charge in [0.05, 0.1) is 29.0 Å². The van der Waals surface area contributed by atoms with Gasteiger partial charge in [-0.15, -0.1) is 11.3 Å². The van der Waals surface area contributed by atoms with Crippen molar-refractivity contribution in [2.75, 3.05) is 18.1 Å². The predicted octanol–water partition coefficient (Wildman–Crippen LogP) is 2.94. The smallest absolute Gasteiger partial charge is 0.232 e. The van der Waals surface area contributed by atoms with Gasteiger partial charge >= 0.3 is 0 Å². The normalized spacial score (nSPS) is 26.6. The minimum atomic E-state index is -0.867. The Labute approximate surface area is 122 Å². The first kappa shape index (κ1) is 13.4. The lowest BCUT2D eigenvalue weighted by Crippen LogP contribution is -2.41. The molecule has 4 N–H and O–H groups in total. The lowest BCUT2D eigenvalue weighted by atomic mass is 10.0. The lowest BCUT2D eigenvalue weighted by molar-refractivity contribution is -0.272. The number of thiophene rings is 1. The SMILES string of the molecule is CC1CCOC(c2ccc(N)c(N)c2)(c2cccs2)O1. The summed E-state index contributed by atoms with van der Waals surface area (Å²) in [7, 11) is 0. The summed E-state index contributed by atoms with van der Waals surface area (Å²) >= 11 is 1.61. The highest BCUT2D eigenvalue weighted by Crippen LogP contribution is 2.42. The van der Waals surface area contributed by atoms with Gasteiger partial charge in [-0.3, -0.25) is 0 Å². The van der Waals surface area contributed by atoms with Crippen molar-refractivity contribution in [1.82, 2.24) is 0 Å². The van der Waals surface area contributed by atoms with E-state index in [2.05, 4.69) is 6.92 Å². The first-order chi connectivity index (χ1) is 9.62. The lowest BCUT2D eigenvalue weighted by Gasteiger charge is -2.40. The van der Waals surface area contributed by atoms with Crippen LogP contribution >= 0.6 is 11.3 Å². The van der Waals surface area contributed by atoms with Crippen molar-refractivity contribution in [3.63, 3.8) is 0 Å². The molecule has 1 fully saturated rings. The Morgan fingerprint density at radius 1 is 1.25 bits per heavy atom. The molecule has 2 atom stereocenters. The first-order valence-electron chi connectivity index (χ1n) is 6.63. The number of benzene rings is 1. The standard InChI is InChI=1S/C15H18N2O2S/c1-10-6-7-18-15(19-10,14-3-2-8-20-14)11-4-5-12(16)13(17)9-11/h2-5,8-10H,6-7,16-17H2,1H3. The minimum absolute atomic E-state index is 0.129. The molecule has 0 aliphatic carbocycles. The summed E-state index contributed by atoms with van der Waals surface area (Å²) in [4.78, 5) is 1.02. The molecule has 1 aromatic carbocycles. The summed E-state index contributed by atoms with van der Waals surface area (Å²) in [5, 5.41) is 2.02. The van der Waals surface area contributed by atoms with Gasteiger partial charge in [-0.05, 0) is 36.9 Å². The average Bonchev–Trinajstić information content (AvgIpc) is 2.96. The molecule has 2 aromatic rings. The molecular weight excluding hydrogens is 272 g/mol. The van der Waals surface area contributed by atoms with Crippen molar-refractivity contribution in [3.05, 3.63) is 46.2 Å². The summed E-state index contributed by atoms with van der Waals surface area (Å²) in [6, 6.07) is 9.58. The number of nitrogens with two attached hydrogens (primary N) is 2. The second-order valence-corrected chi connectivity index (χ2v) is 5.95. The van der Waals surface area contributed by atoms with Gasteiger partial charge in [0.1, 0.15) is 0 Å². The zero-order chi connectivity index (χ0) is 14.2. The predicted molar refractivity (Wildman–Crippen MR) is 81.5 cm³/mol. The topological polar surface area (TPSA) is 70.5 Å². The van der Waals surface area contributed by atoms with Crippen LogP contribution in [0.15, 0.2) is 35.7 Å². The Hall–Kier alpha value is -1.56. The third-order valence-electron chi connectivity index (χ3n) is 3.51. The van der Waals surface area contributed by atoms with Crippen LogP contribution in [-0.2, 0) is 15.3 Å². The van der Waals surface area contributed by atoms with E-state index in [4.69, 9.17) is 20.9 Å². The van der Waals surface area contributed by atoms with Gasteiger partial charge in [-0.2, -0.15) is 0 Å². The molecule has 1 aliphatic rings. The number of hydrogen-bond donors (Lipinski definition) is 2. The Morgan fingerprint density at radius 3 is 2.75 bits per heavy atom. The van der Waals surface area contributed by atoms with E-state index < -0.39 is 5.79 Å². The average molecular weight is 290 g/mol. The van der Waals surface area contributed by atoms with Crippen molar-refractivity contribution in [2.24, 2.45) is 0 Å². The number of nitrogen functional groups attached to an aromatic ring is 2. The highest BCUT2D eigenvalue weighted by Gasteiger charge is 2.42. The summed E-state index contributed by atoms with van der Waals surface area (Å²) < 4.78 is 12.2. The Morgan fingerprint density at radius 2 is 2.10 bits per heavy atom. The monoisotopic (exact) mass is 290 g/mol. The zero-order valence-electron chi connectivity index (χ0n) is 11.3. The maximum atomic E-state index is 6.19. The maximum absolute atomic E-state index is 6.19. The van der Waals surface area contributed by atoms with Crippen molar-refractivity contribution >= 4 is 22.7 Å². The summed E-state index contributed by atoms with van der Waals surface area (Å²) in [6.07, 6.45) is 1.02. The molecule has 106 valence electrons. The number of rotatable bonds is 2. The Kier molecular flexibility index (Phi) is 3.41. The van der Waals surface area contributed by atoms with E-state index in [1.54, 1.807) is 17.4 Å². The number of hydrogen-bond acceptors (Lipinski definition) is 5. The molecule has 3 rings (SSSR count). The number of ether oxygens (including phenoxy) is 2. The molecule has 0 amide bonds. The molecule has 4 nitrogen and oxygen atoms in total. The first-order valence-corrected chi connectivity index (χ1v) is 7.51. The highest BCUT2D eigenvalue weighted by molar-refractivity contribution is 7.10. The number of anilines is 2. The van der Waals surface area contributed by atoms with Crippen LogP contribution in [0.2, 0.25) is 0 Å². The van der Waals surface area contributed by atoms with Crippen molar-refractivity contribution in [1.29, 1.82) is 0 Å². The molecule has 2 heterocycles. The van der Waals surface area contributed by atoms with Gasteiger partial charge in [0.15, 0.2) is 0 Å². The molecule has 0 bridgehead atoms. The third-order valence-corrected chi connectivity index (χ3v) is 4.46. The molecule has 0 spiro atoms. The summed E-state index contributed by atoms with van der Waals surface area (Å²) in [5.41, 5.74) is 13.7. The molecule has 0 radical (unpaired) electrons. The Balaban J connectivity index is 2.12. The van der Waals surface area contributed by atoms with E-state index in [9.17, 15) is 0 Å². The van der Waals surface area contributed by atoms with Crippen LogP contribution in [0.4, 0.5) is 11.4 Å². The minimum Gasteiger partial charge on any atom is -0.397 e. The molecule has 5 heteroatoms. The quantitative estimate of drug-likeness (QED) is 0.834. The summed E-state index contributed by atoms with van der Waals surface area (Å²) in [5.74, 6) is -0.867. The molecule has 20 heavy (non-hydrogen) atoms. The third kappa shape index (κ3) is 2.18. The van der Waals surface area contributed by atoms with Gasteiger partial charge in [0.25, 0.3) is 0 Å². The van der Waals surface area contributed by atoms with E-state index in [1.807, 2.05) is 29.6 Å². The largest absolute Gasteiger partial charge is 0.397 e. The summed E-state index contributed by atoms with van der Waals surface area (Å²) in [6.45, 7) is 2.72. The van der Waals surface area contributed by atoms with Gasteiger partial charge in [-0.1, -0.05) is 12.1 Å². The fraction of sp³-hybridized carbons (Fsp3) is 0.333. The van der Waals surface area contributed by atoms with Crippen LogP contribution in [0.1, 0.15) is 23.8 Å². The fourth-order valence-electron chi connectivity index (χ4n) is 2.41. The second kappa shape index (κ2) is 5.09. The van der Waals surface area contributed by atoms with E-state index in [0.717, 1.165) is 16.9 Å². The molecule has 2 unspecified atom stereocenters. The van der Waals surface area contributed by atoms with Gasteiger partial charge < -0.3 is 20.9 Å². The van der Waals surface area contributed by atoms with Crippen molar-refractivity contribution in [3.8, 4) is 0 Å². The van der Waals surface area contributed by atoms with Crippen LogP contribution in [0.3, 0.4) is 0 Å². The van der Waals surface area contributed by atoms with Crippen LogP contribution in [-0.4, -0.2) is 12.7 Å². The van der Waals surface area contributed by atoms with Gasteiger partial charge in [0.2, 0.25) is 5.79 Å². The van der Waals surface area contributed by atoms with E-state index >= 15 is 0 Å². The van der Waals surface area contributed by atoms with E-state index in [1.165, 1.54) is 0 Å². The Bertz CT molecular complexity index is 600. The molecule has 0 saturated carbocycles. The van der Waals surface area contributed by atoms with Crippen LogP contribution in [0.5, 0.6) is 0 Å². The van der Waals surface area contributed by atoms with Crippen molar-refractivity contribution < 1.29 is 9.47 Å². The van der Waals surface area contributed by atoms with Crippen molar-refractivity contribution in [2.45, 2.75) is 25.2 Å².